The van der Waals surface area contributed by atoms with Gasteiger partial charge in [-0.3, -0.25) is 0 Å². The van der Waals surface area contributed by atoms with E-state index in [1.807, 2.05) is 19.4 Å². The number of aliphatic hydroxyl groups is 1. The first-order valence-corrected chi connectivity index (χ1v) is 10.0. The van der Waals surface area contributed by atoms with E-state index >= 15 is 0 Å². The van der Waals surface area contributed by atoms with E-state index in [0.717, 1.165) is 42.5 Å². The quantitative estimate of drug-likeness (QED) is 0.798. The predicted molar refractivity (Wildman–Crippen MR) is 112 cm³/mol. The summed E-state index contributed by atoms with van der Waals surface area (Å²) in [6.07, 6.45) is 4.00. The van der Waals surface area contributed by atoms with Crippen LogP contribution in [0, 0.1) is 0 Å². The smallest absolute Gasteiger partial charge is 0.225 e. The minimum Gasteiger partial charge on any atom is -0.388 e. The maximum Gasteiger partial charge on any atom is 0.225 e. The fraction of sp³-hybridized carbons (Fsp3) is 0.600. The number of nitrogens with one attached hydrogen (secondary N) is 1. The van der Waals surface area contributed by atoms with Gasteiger partial charge in [-0.05, 0) is 13.8 Å². The highest BCUT2D eigenvalue weighted by Gasteiger charge is 2.40. The third-order valence-corrected chi connectivity index (χ3v) is 5.44. The van der Waals surface area contributed by atoms with E-state index in [9.17, 15) is 5.11 Å². The summed E-state index contributed by atoms with van der Waals surface area (Å²) in [5.41, 5.74) is 1.76. The fourth-order valence-corrected chi connectivity index (χ4v) is 4.29. The monoisotopic (exact) mass is 399 g/mol. The topological polar surface area (TPSA) is 99.5 Å². The lowest BCUT2D eigenvalue weighted by Crippen LogP contribution is -2.46. The Morgan fingerprint density at radius 1 is 1.17 bits per heavy atom. The molecule has 2 aromatic heterocycles. The molecule has 0 unspecified atom stereocenters. The minimum absolute atomic E-state index is 0.154. The zero-order chi connectivity index (χ0) is 20.8. The van der Waals surface area contributed by atoms with E-state index in [1.165, 1.54) is 0 Å². The molecule has 0 amide bonds. The Morgan fingerprint density at radius 3 is 2.41 bits per heavy atom. The summed E-state index contributed by atoms with van der Waals surface area (Å²) >= 11 is 0. The molecule has 4 rings (SSSR count). The highest BCUT2D eigenvalue weighted by atomic mass is 16.5. The second kappa shape index (κ2) is 7.38. The van der Waals surface area contributed by atoms with Crippen molar-refractivity contribution in [2.45, 2.75) is 51.9 Å². The van der Waals surface area contributed by atoms with Crippen molar-refractivity contribution in [2.24, 2.45) is 0 Å². The van der Waals surface area contributed by atoms with Crippen LogP contribution >= 0.6 is 0 Å². The molecule has 156 valence electrons. The molecule has 0 aliphatic carbocycles. The number of fused-ring (bicyclic) bond motifs is 1. The zero-order valence-corrected chi connectivity index (χ0v) is 17.7. The minimum atomic E-state index is -0.209. The van der Waals surface area contributed by atoms with Crippen LogP contribution in [-0.2, 0) is 16.8 Å². The van der Waals surface area contributed by atoms with Gasteiger partial charge in [-0.25, -0.2) is 19.9 Å². The molecule has 0 spiro atoms. The highest BCUT2D eigenvalue weighted by Crippen LogP contribution is 2.45. The Hall–Kier alpha value is -2.52. The van der Waals surface area contributed by atoms with Crippen LogP contribution in [0.15, 0.2) is 12.4 Å². The Morgan fingerprint density at radius 2 is 1.83 bits per heavy atom. The normalized spacial score (nSPS) is 23.2. The van der Waals surface area contributed by atoms with Gasteiger partial charge in [0.05, 0.1) is 30.3 Å². The lowest BCUT2D eigenvalue weighted by molar-refractivity contribution is -0.00571. The summed E-state index contributed by atoms with van der Waals surface area (Å²) in [4.78, 5) is 22.6. The van der Waals surface area contributed by atoms with Crippen LogP contribution in [0.1, 0.15) is 39.1 Å². The van der Waals surface area contributed by atoms with E-state index in [2.05, 4.69) is 62.7 Å². The van der Waals surface area contributed by atoms with Gasteiger partial charge in [0.15, 0.2) is 5.82 Å². The summed E-state index contributed by atoms with van der Waals surface area (Å²) < 4.78 is 5.80. The van der Waals surface area contributed by atoms with E-state index in [-0.39, 0.29) is 24.2 Å². The van der Waals surface area contributed by atoms with Crippen LogP contribution in [0.3, 0.4) is 0 Å². The number of ether oxygens (including phenoxy) is 1. The summed E-state index contributed by atoms with van der Waals surface area (Å²) in [6.45, 7) is 10.6. The molecule has 0 saturated carbocycles. The number of aromatic nitrogens is 4. The van der Waals surface area contributed by atoms with Crippen molar-refractivity contribution in [3.8, 4) is 0 Å². The van der Waals surface area contributed by atoms with Crippen molar-refractivity contribution in [2.75, 3.05) is 41.8 Å². The fourth-order valence-electron chi connectivity index (χ4n) is 4.29. The molecule has 9 nitrogen and oxygen atoms in total. The number of hydrogen-bond acceptors (Lipinski definition) is 9. The second-order valence-corrected chi connectivity index (χ2v) is 8.47. The van der Waals surface area contributed by atoms with Gasteiger partial charge < -0.3 is 25.0 Å². The van der Waals surface area contributed by atoms with Crippen LogP contribution in [0.25, 0.3) is 0 Å². The van der Waals surface area contributed by atoms with Crippen molar-refractivity contribution in [3.63, 3.8) is 0 Å². The maximum absolute atomic E-state index is 9.59. The van der Waals surface area contributed by atoms with Crippen LogP contribution in [-0.4, -0.2) is 63.9 Å². The van der Waals surface area contributed by atoms with E-state index in [4.69, 9.17) is 4.74 Å². The van der Waals surface area contributed by atoms with Gasteiger partial charge in [0.25, 0.3) is 0 Å². The number of anilines is 4. The molecular formula is C20H29N7O2. The molecule has 2 atom stereocenters. The van der Waals surface area contributed by atoms with Gasteiger partial charge in [0.1, 0.15) is 18.2 Å². The molecular weight excluding hydrogens is 370 g/mol. The Balaban J connectivity index is 1.67. The van der Waals surface area contributed by atoms with Gasteiger partial charge in [-0.2, -0.15) is 0 Å². The summed E-state index contributed by atoms with van der Waals surface area (Å²) in [5.74, 6) is 2.65. The van der Waals surface area contributed by atoms with Crippen molar-refractivity contribution in [3.05, 3.63) is 23.8 Å². The third-order valence-electron chi connectivity index (χ3n) is 5.44. The lowest BCUT2D eigenvalue weighted by atomic mass is 9.88. The summed E-state index contributed by atoms with van der Waals surface area (Å²) in [5, 5.41) is 12.7. The number of aliphatic hydroxyl groups excluding tert-OH is 1. The van der Waals surface area contributed by atoms with Crippen LogP contribution < -0.4 is 15.1 Å². The van der Waals surface area contributed by atoms with E-state index in [1.54, 1.807) is 0 Å². The number of rotatable bonds is 4. The van der Waals surface area contributed by atoms with Crippen molar-refractivity contribution in [1.29, 1.82) is 0 Å². The molecule has 2 aliphatic rings. The Labute approximate surface area is 171 Å². The van der Waals surface area contributed by atoms with Crippen molar-refractivity contribution >= 4 is 23.3 Å². The van der Waals surface area contributed by atoms with E-state index < -0.39 is 0 Å². The van der Waals surface area contributed by atoms with Gasteiger partial charge in [0.2, 0.25) is 5.95 Å². The van der Waals surface area contributed by atoms with Gasteiger partial charge in [0, 0.05) is 37.7 Å². The third kappa shape index (κ3) is 3.60. The first-order valence-electron chi connectivity index (χ1n) is 10.0. The average Bonchev–Trinajstić information content (AvgIpc) is 2.97. The van der Waals surface area contributed by atoms with Gasteiger partial charge >= 0.3 is 0 Å². The van der Waals surface area contributed by atoms with Crippen LogP contribution in [0.2, 0.25) is 0 Å². The van der Waals surface area contributed by atoms with Crippen molar-refractivity contribution < 1.29 is 9.84 Å². The maximum atomic E-state index is 9.59. The molecule has 0 radical (unpaired) electrons. The molecule has 1 saturated heterocycles. The molecule has 4 heterocycles. The Kier molecular flexibility index (Phi) is 5.04. The number of nitrogens with zero attached hydrogens (tertiary/aromatic N) is 6. The van der Waals surface area contributed by atoms with Gasteiger partial charge in [-0.15, -0.1) is 0 Å². The summed E-state index contributed by atoms with van der Waals surface area (Å²) in [7, 11) is 1.84. The molecule has 0 aromatic carbocycles. The summed E-state index contributed by atoms with van der Waals surface area (Å²) in [6, 6.07) is 0. The number of hydrogen-bond donors (Lipinski definition) is 2. The Bertz CT molecular complexity index is 877. The van der Waals surface area contributed by atoms with Gasteiger partial charge in [-0.1, -0.05) is 13.8 Å². The lowest BCUT2D eigenvalue weighted by Gasteiger charge is -2.35. The van der Waals surface area contributed by atoms with E-state index in [0.29, 0.717) is 11.8 Å². The largest absolute Gasteiger partial charge is 0.388 e. The molecule has 1 fully saturated rings. The molecule has 29 heavy (non-hydrogen) atoms. The molecule has 2 aromatic rings. The van der Waals surface area contributed by atoms with Crippen LogP contribution in [0.5, 0.6) is 0 Å². The molecule has 0 bridgehead atoms. The van der Waals surface area contributed by atoms with Crippen molar-refractivity contribution in [1.82, 2.24) is 19.9 Å². The zero-order valence-electron chi connectivity index (χ0n) is 17.7. The molecule has 9 heteroatoms. The SMILES string of the molecule is CNc1nc(CO)nc2c1C(C)(C)CN2c1cnc(N2C[C@@H](C)O[C@@H](C)C2)nc1. The molecule has 2 aliphatic heterocycles. The average molecular weight is 399 g/mol. The van der Waals surface area contributed by atoms with Crippen LogP contribution in [0.4, 0.5) is 23.3 Å². The second-order valence-electron chi connectivity index (χ2n) is 8.47. The first-order chi connectivity index (χ1) is 13.8. The highest BCUT2D eigenvalue weighted by molar-refractivity contribution is 5.74. The predicted octanol–water partition coefficient (Wildman–Crippen LogP) is 1.84. The number of morpholine rings is 1. The first kappa shape index (κ1) is 19.8. The molecule has 2 N–H and O–H groups in total. The standard InChI is InChI=1S/C20H29N7O2/c1-12-8-26(9-13(2)29-12)19-22-6-14(7-23-19)27-11-20(3,4)16-17(21-5)24-15(10-28)25-18(16)27/h6-7,12-13,28H,8-11H2,1-5H3,(H,21,24,25)/t12-,13+.